The van der Waals surface area contributed by atoms with Gasteiger partial charge in [0.2, 0.25) is 0 Å². The Kier molecular flexibility index (Phi) is 3.53. The second kappa shape index (κ2) is 4.77. The number of piperidine rings is 1. The molecule has 2 rings (SSSR count). The first kappa shape index (κ1) is 12.6. The van der Waals surface area contributed by atoms with Crippen LogP contribution in [0.1, 0.15) is 30.9 Å². The number of benzene rings is 1. The summed E-state index contributed by atoms with van der Waals surface area (Å²) in [5, 5.41) is 0.682. The van der Waals surface area contributed by atoms with Crippen LogP contribution in [0.2, 0.25) is 5.02 Å². The number of halogens is 1. The molecule has 1 aliphatic rings. The minimum atomic E-state index is 0.682. The minimum Gasteiger partial charge on any atom is -0.397 e. The summed E-state index contributed by atoms with van der Waals surface area (Å²) in [6, 6.07) is 2.02. The largest absolute Gasteiger partial charge is 0.397 e. The van der Waals surface area contributed by atoms with E-state index in [1.54, 1.807) is 0 Å². The fraction of sp³-hybridized carbons (Fsp3) is 0.571. The topological polar surface area (TPSA) is 29.3 Å². The number of anilines is 2. The second-order valence-electron chi connectivity index (χ2n) is 5.21. The third kappa shape index (κ3) is 2.37. The molecule has 1 saturated heterocycles. The van der Waals surface area contributed by atoms with Gasteiger partial charge in [0, 0.05) is 18.8 Å². The Morgan fingerprint density at radius 2 is 1.82 bits per heavy atom. The summed E-state index contributed by atoms with van der Waals surface area (Å²) in [5.41, 5.74) is 10.3. The maximum atomic E-state index is 6.19. The van der Waals surface area contributed by atoms with E-state index in [0.717, 1.165) is 30.3 Å². The molecule has 0 bridgehead atoms. The van der Waals surface area contributed by atoms with E-state index >= 15 is 0 Å². The molecule has 0 radical (unpaired) electrons. The van der Waals surface area contributed by atoms with Crippen molar-refractivity contribution in [3.8, 4) is 0 Å². The van der Waals surface area contributed by atoms with Crippen LogP contribution in [0.3, 0.4) is 0 Å². The lowest BCUT2D eigenvalue weighted by atomic mass is 9.97. The van der Waals surface area contributed by atoms with Crippen LogP contribution in [0.15, 0.2) is 6.07 Å². The molecular weight excluding hydrogens is 232 g/mol. The Balaban J connectivity index is 2.33. The summed E-state index contributed by atoms with van der Waals surface area (Å²) in [6.45, 7) is 8.76. The number of hydrogen-bond donors (Lipinski definition) is 1. The molecule has 0 amide bonds. The van der Waals surface area contributed by atoms with Crippen LogP contribution in [0, 0.1) is 19.8 Å². The van der Waals surface area contributed by atoms with Crippen LogP contribution < -0.4 is 10.6 Å². The lowest BCUT2D eigenvalue weighted by Gasteiger charge is -2.34. The Morgan fingerprint density at radius 1 is 1.24 bits per heavy atom. The summed E-state index contributed by atoms with van der Waals surface area (Å²) in [6.07, 6.45) is 2.53. The molecule has 17 heavy (non-hydrogen) atoms. The summed E-state index contributed by atoms with van der Waals surface area (Å²) in [4.78, 5) is 2.44. The van der Waals surface area contributed by atoms with Gasteiger partial charge in [0.1, 0.15) is 0 Å². The van der Waals surface area contributed by atoms with Crippen molar-refractivity contribution in [1.29, 1.82) is 0 Å². The van der Waals surface area contributed by atoms with Gasteiger partial charge in [-0.15, -0.1) is 0 Å². The first-order chi connectivity index (χ1) is 8.00. The van der Waals surface area contributed by atoms with E-state index in [0.29, 0.717) is 5.02 Å². The van der Waals surface area contributed by atoms with Crippen molar-refractivity contribution in [2.75, 3.05) is 23.7 Å². The van der Waals surface area contributed by atoms with Gasteiger partial charge in [-0.3, -0.25) is 0 Å². The maximum Gasteiger partial charge on any atom is 0.0658 e. The van der Waals surface area contributed by atoms with E-state index in [-0.39, 0.29) is 0 Å². The monoisotopic (exact) mass is 252 g/mol. The molecule has 0 aliphatic carbocycles. The standard InChI is InChI=1S/C14H21ClN2/c1-9-4-6-17(7-5-9)13-8-12(15)14(16)11(3)10(13)2/h8-9H,4-7,16H2,1-3H3. The van der Waals surface area contributed by atoms with Gasteiger partial charge in [-0.25, -0.2) is 0 Å². The van der Waals surface area contributed by atoms with Gasteiger partial charge >= 0.3 is 0 Å². The SMILES string of the molecule is Cc1c(N2CCC(C)CC2)cc(Cl)c(N)c1C. The molecular formula is C14H21ClN2. The van der Waals surface area contributed by atoms with Crippen LogP contribution in [0.5, 0.6) is 0 Å². The number of nitrogens with zero attached hydrogens (tertiary/aromatic N) is 1. The van der Waals surface area contributed by atoms with E-state index in [1.165, 1.54) is 24.1 Å². The van der Waals surface area contributed by atoms with Gasteiger partial charge in [0.25, 0.3) is 0 Å². The smallest absolute Gasteiger partial charge is 0.0658 e. The van der Waals surface area contributed by atoms with Crippen molar-refractivity contribution < 1.29 is 0 Å². The fourth-order valence-electron chi connectivity index (χ4n) is 2.46. The van der Waals surface area contributed by atoms with Crippen molar-refractivity contribution in [2.24, 2.45) is 5.92 Å². The Bertz CT molecular complexity index is 421. The molecule has 1 aliphatic heterocycles. The van der Waals surface area contributed by atoms with Crippen LogP contribution in [0.25, 0.3) is 0 Å². The van der Waals surface area contributed by atoms with Crippen LogP contribution in [0.4, 0.5) is 11.4 Å². The van der Waals surface area contributed by atoms with Crippen LogP contribution in [-0.4, -0.2) is 13.1 Å². The summed E-state index contributed by atoms with van der Waals surface area (Å²) in [7, 11) is 0. The average Bonchev–Trinajstić information content (AvgIpc) is 2.32. The highest BCUT2D eigenvalue weighted by atomic mass is 35.5. The minimum absolute atomic E-state index is 0.682. The average molecular weight is 253 g/mol. The van der Waals surface area contributed by atoms with Crippen molar-refractivity contribution >= 4 is 23.0 Å². The van der Waals surface area contributed by atoms with E-state index < -0.39 is 0 Å². The first-order valence-corrected chi connectivity index (χ1v) is 6.68. The molecule has 1 aromatic rings. The Morgan fingerprint density at radius 3 is 2.41 bits per heavy atom. The molecule has 0 aromatic heterocycles. The molecule has 1 heterocycles. The maximum absolute atomic E-state index is 6.19. The number of nitrogen functional groups attached to an aromatic ring is 1. The predicted octanol–water partition coefficient (Wildman–Crippen LogP) is 3.78. The number of hydrogen-bond acceptors (Lipinski definition) is 2. The van der Waals surface area contributed by atoms with Crippen molar-refractivity contribution in [3.05, 3.63) is 22.2 Å². The van der Waals surface area contributed by atoms with Gasteiger partial charge in [0.05, 0.1) is 10.7 Å². The molecule has 0 unspecified atom stereocenters. The lowest BCUT2D eigenvalue weighted by Crippen LogP contribution is -2.33. The molecule has 94 valence electrons. The van der Waals surface area contributed by atoms with E-state index in [2.05, 4.69) is 18.7 Å². The molecule has 2 N–H and O–H groups in total. The Labute approximate surface area is 109 Å². The van der Waals surface area contributed by atoms with Crippen LogP contribution in [-0.2, 0) is 0 Å². The van der Waals surface area contributed by atoms with Gasteiger partial charge in [-0.05, 0) is 49.8 Å². The first-order valence-electron chi connectivity index (χ1n) is 6.30. The molecule has 1 aromatic carbocycles. The third-order valence-corrected chi connectivity index (χ3v) is 4.31. The van der Waals surface area contributed by atoms with Crippen molar-refractivity contribution in [3.63, 3.8) is 0 Å². The van der Waals surface area contributed by atoms with E-state index in [9.17, 15) is 0 Å². The van der Waals surface area contributed by atoms with Gasteiger partial charge in [0.15, 0.2) is 0 Å². The van der Waals surface area contributed by atoms with Crippen LogP contribution >= 0.6 is 11.6 Å². The zero-order valence-corrected chi connectivity index (χ0v) is 11.6. The van der Waals surface area contributed by atoms with Gasteiger partial charge < -0.3 is 10.6 Å². The molecule has 1 fully saturated rings. The third-order valence-electron chi connectivity index (χ3n) is 4.00. The summed E-state index contributed by atoms with van der Waals surface area (Å²) in [5.74, 6) is 0.844. The van der Waals surface area contributed by atoms with Gasteiger partial charge in [-0.1, -0.05) is 18.5 Å². The van der Waals surface area contributed by atoms with Gasteiger partial charge in [-0.2, -0.15) is 0 Å². The zero-order valence-electron chi connectivity index (χ0n) is 10.9. The highest BCUT2D eigenvalue weighted by Gasteiger charge is 2.19. The lowest BCUT2D eigenvalue weighted by molar-refractivity contribution is 0.438. The normalized spacial score (nSPS) is 17.5. The highest BCUT2D eigenvalue weighted by Crippen LogP contribution is 2.35. The fourth-order valence-corrected chi connectivity index (χ4v) is 2.70. The molecule has 2 nitrogen and oxygen atoms in total. The van der Waals surface area contributed by atoms with Crippen molar-refractivity contribution in [2.45, 2.75) is 33.6 Å². The highest BCUT2D eigenvalue weighted by molar-refractivity contribution is 6.33. The molecule has 0 saturated carbocycles. The molecule has 0 atom stereocenters. The van der Waals surface area contributed by atoms with E-state index in [4.69, 9.17) is 17.3 Å². The summed E-state index contributed by atoms with van der Waals surface area (Å²) < 4.78 is 0. The van der Waals surface area contributed by atoms with Crippen molar-refractivity contribution in [1.82, 2.24) is 0 Å². The second-order valence-corrected chi connectivity index (χ2v) is 5.62. The molecule has 0 spiro atoms. The molecule has 3 heteroatoms. The number of rotatable bonds is 1. The van der Waals surface area contributed by atoms with E-state index in [1.807, 2.05) is 13.0 Å². The predicted molar refractivity (Wildman–Crippen MR) is 75.9 cm³/mol. The summed E-state index contributed by atoms with van der Waals surface area (Å²) >= 11 is 6.19. The number of nitrogens with two attached hydrogens (primary N) is 1. The quantitative estimate of drug-likeness (QED) is 0.771. The Hall–Kier alpha value is -0.890. The zero-order chi connectivity index (χ0) is 12.6.